The lowest BCUT2D eigenvalue weighted by Gasteiger charge is -2.21. The Kier molecular flexibility index (Phi) is 65.5. The van der Waals surface area contributed by atoms with Crippen molar-refractivity contribution in [2.45, 2.75) is 280 Å². The number of allylic oxidation sites excluding steroid dienone is 11. The zero-order chi connectivity index (χ0) is 84.0. The number of nitrogens with two attached hydrogens (primary N) is 2. The van der Waals surface area contributed by atoms with Gasteiger partial charge >= 0.3 is 12.1 Å². The van der Waals surface area contributed by atoms with E-state index in [9.17, 15) is 33.2 Å². The van der Waals surface area contributed by atoms with Crippen LogP contribution in [0.15, 0.2) is 109 Å². The van der Waals surface area contributed by atoms with Gasteiger partial charge in [-0.25, -0.2) is 9.59 Å². The summed E-state index contributed by atoms with van der Waals surface area (Å²) in [5.41, 5.74) is 7.33. The van der Waals surface area contributed by atoms with E-state index in [0.717, 1.165) is 0 Å². The van der Waals surface area contributed by atoms with E-state index in [1.54, 1.807) is 7.05 Å². The molecule has 7 amide bonds. The van der Waals surface area contributed by atoms with Gasteiger partial charge in [-0.15, -0.1) is 0 Å². The molecule has 103 heavy (non-hydrogen) atoms. The molecule has 0 aliphatic heterocycles. The Bertz CT molecular complexity index is 2540. The minimum atomic E-state index is -0.510. The molecule has 0 aromatic rings. The minimum Gasteiger partial charge on any atom is -0.453 e. The van der Waals surface area contributed by atoms with Crippen LogP contribution in [0.5, 0.6) is 0 Å². The number of urea groups is 1. The summed E-state index contributed by atoms with van der Waals surface area (Å²) in [5, 5.41) is 31.1. The van der Waals surface area contributed by atoms with Crippen LogP contribution in [0.3, 0.4) is 0 Å². The zero-order valence-electron chi connectivity index (χ0n) is 73.5. The van der Waals surface area contributed by atoms with Crippen molar-refractivity contribution in [3.63, 3.8) is 0 Å². The maximum Gasteiger partial charge on any atom is 0.407 e. The van der Waals surface area contributed by atoms with Gasteiger partial charge in [0.1, 0.15) is 0 Å². The Hall–Kier alpha value is -6.54. The van der Waals surface area contributed by atoms with Crippen LogP contribution in [0, 0.1) is 97.1 Å². The number of halogens is 1. The third-order valence-electron chi connectivity index (χ3n) is 13.1. The number of ether oxygens (including phenoxy) is 1. The zero-order valence-corrected chi connectivity index (χ0v) is 73.5. The first-order valence-corrected chi connectivity index (χ1v) is 37.0. The number of amides is 7. The largest absolute Gasteiger partial charge is 0.453 e. The molecule has 0 atom stereocenters. The highest BCUT2D eigenvalue weighted by Crippen LogP contribution is 2.22. The van der Waals surface area contributed by atoms with Gasteiger partial charge in [-0.05, 0) is 157 Å². The molecule has 16 nitrogen and oxygen atoms in total. The molecule has 17 heteroatoms. The van der Waals surface area contributed by atoms with E-state index in [-0.39, 0.29) is 80.6 Å². The Morgan fingerprint density at radius 2 is 0.709 bits per heavy atom. The van der Waals surface area contributed by atoms with Gasteiger partial charge in [-0.2, -0.15) is 5.26 Å². The van der Waals surface area contributed by atoms with Gasteiger partial charge in [0.15, 0.2) is 0 Å². The van der Waals surface area contributed by atoms with E-state index in [4.69, 9.17) is 21.8 Å². The normalized spacial score (nSPS) is 12.6. The van der Waals surface area contributed by atoms with Crippen LogP contribution in [0.2, 0.25) is 0 Å². The molecule has 602 valence electrons. The summed E-state index contributed by atoms with van der Waals surface area (Å²) in [4.78, 5) is 65.8. The fourth-order valence-electron chi connectivity index (χ4n) is 6.23. The van der Waals surface area contributed by atoms with Crippen molar-refractivity contribution in [2.24, 2.45) is 97.2 Å². The molecule has 0 aromatic heterocycles. The smallest absolute Gasteiger partial charge is 0.407 e. The molecule has 10 N–H and O–H groups in total. The summed E-state index contributed by atoms with van der Waals surface area (Å²) in [6.07, 6.45) is 35.8. The summed E-state index contributed by atoms with van der Waals surface area (Å²) in [5.74, 6) is 4.45. The quantitative estimate of drug-likeness (QED) is 0.0363. The molecule has 0 bridgehead atoms. The van der Waals surface area contributed by atoms with Crippen LogP contribution in [0.1, 0.15) is 263 Å². The highest BCUT2D eigenvalue weighted by atomic mass is 19.1. The molecule has 0 aliphatic rings. The lowest BCUT2D eigenvalue weighted by molar-refractivity contribution is -0.127. The Morgan fingerprint density at radius 3 is 0.961 bits per heavy atom. The number of aliphatic hydroxyl groups excluding tert-OH is 1. The number of aliphatic hydroxyl groups is 1. The van der Waals surface area contributed by atoms with Gasteiger partial charge in [-0.3, -0.25) is 23.6 Å². The molecule has 0 unspecified atom stereocenters. The molecule has 0 spiro atoms. The summed E-state index contributed by atoms with van der Waals surface area (Å²) in [6.45, 7) is 76.3. The number of carbonyl (C=O) groups excluding carboxylic acids is 6. The van der Waals surface area contributed by atoms with Crippen LogP contribution in [-0.4, -0.2) is 91.5 Å². The van der Waals surface area contributed by atoms with E-state index in [1.165, 1.54) is 14.0 Å². The number of rotatable bonds is 27. The lowest BCUT2D eigenvalue weighted by atomic mass is 9.90. The molecule has 0 saturated carbocycles. The van der Waals surface area contributed by atoms with Crippen LogP contribution >= 0.6 is 0 Å². The molecule has 0 rings (SSSR count). The summed E-state index contributed by atoms with van der Waals surface area (Å²) in [6, 6.07) is 1.72. The number of methoxy groups -OCH3 is 1. The van der Waals surface area contributed by atoms with Crippen molar-refractivity contribution < 1.29 is 43.0 Å². The molecule has 0 radical (unpaired) electrons. The van der Waals surface area contributed by atoms with Gasteiger partial charge in [0.25, 0.3) is 0 Å². The van der Waals surface area contributed by atoms with Crippen molar-refractivity contribution in [3.8, 4) is 6.07 Å². The Labute approximate surface area is 633 Å². The highest BCUT2D eigenvalue weighted by Gasteiger charge is 2.25. The fourth-order valence-corrected chi connectivity index (χ4v) is 6.23. The second-order valence-electron chi connectivity index (χ2n) is 34.5. The molecule has 0 saturated heterocycles. The number of alkyl halides is 1. The molecule has 0 heterocycles. The van der Waals surface area contributed by atoms with Crippen molar-refractivity contribution in [2.75, 3.05) is 34.0 Å². The number of nitrogens with zero attached hydrogens (tertiary/aromatic N) is 1. The minimum absolute atomic E-state index is 0.00778. The summed E-state index contributed by atoms with van der Waals surface area (Å²) >= 11 is 0. The van der Waals surface area contributed by atoms with Crippen molar-refractivity contribution in [1.82, 2.24) is 26.6 Å². The van der Waals surface area contributed by atoms with Crippen molar-refractivity contribution >= 4 is 35.8 Å². The van der Waals surface area contributed by atoms with Crippen LogP contribution in [0.25, 0.3) is 0 Å². The number of nitriles is 1. The standard InChI is InChI=1S/C11H21NO.C10H19NO2.2C10H19NO.C9H17F.C9H18N2O.C9H17NO.C9H15N.C9H18O/c1-6-12-10(13)11(4,5)8-7-9(2)3;1-8(2)6-7-10(3,4)11-9(12)13-5;1-8(2)6-7-10(3,4)9(12)11-5;1-8(2)6-7-10(4,5)11-9(3)12;1-8(2)5-6-9(3,4)7-10;1-7(2)5-6-9(3,4)11-8(10)12;1-7(2)5-6-9(3,4)8(10)11;2*1-8(2)5-6-9(3,4)7-10/h7-9H,6H2,1-5H3,(H,12,13);6-8H,1-5H3,(H,11,12);2*6-8H,1-5H3,(H,11,12);5-6,8H,7H2,1-4H3;5-7H,1-4H3,(H3,10,11,12);5-7H,1-4H3,(H2,10,11);5-6,8H,1-4H3;5-6,8,10H,7H2,1-4H3/b8-7+;3*7-6+;5*6-5+. The van der Waals surface area contributed by atoms with Crippen LogP contribution in [-0.2, 0) is 23.9 Å². The van der Waals surface area contributed by atoms with Gasteiger partial charge in [0, 0.05) is 31.3 Å². The first kappa shape index (κ1) is 115. The second kappa shape index (κ2) is 58.7. The number of hydrogen-bond donors (Lipinski definition) is 8. The monoisotopic (exact) mass is 1460 g/mol. The Balaban J connectivity index is -0.000000138. The average Bonchev–Trinajstić information content (AvgIpc) is 0.898. The topological polar surface area (TPSA) is 268 Å². The second-order valence-corrected chi connectivity index (χ2v) is 34.5. The Morgan fingerprint density at radius 1 is 0.437 bits per heavy atom. The first-order valence-electron chi connectivity index (χ1n) is 37.0. The maximum atomic E-state index is 12.2. The molecule has 0 aromatic carbocycles. The van der Waals surface area contributed by atoms with E-state index in [1.807, 2.05) is 198 Å². The van der Waals surface area contributed by atoms with Gasteiger partial charge in [-0.1, -0.05) is 262 Å². The van der Waals surface area contributed by atoms with Gasteiger partial charge in [0.2, 0.25) is 23.6 Å². The summed E-state index contributed by atoms with van der Waals surface area (Å²) < 4.78 is 16.7. The fraction of sp³-hybridized carbons (Fsp3) is 0.709. The third kappa shape index (κ3) is 89.6. The van der Waals surface area contributed by atoms with Gasteiger partial charge in [0.05, 0.1) is 64.7 Å². The average molecular weight is 1460 g/mol. The number of carbonyl (C=O) groups is 6. The maximum absolute atomic E-state index is 12.2. The van der Waals surface area contributed by atoms with Crippen LogP contribution < -0.4 is 38.1 Å². The first-order chi connectivity index (χ1) is 46.1. The predicted octanol–water partition coefficient (Wildman–Crippen LogP) is 20.3. The molecular formula is C86H163FN8O8. The van der Waals surface area contributed by atoms with Gasteiger partial charge < -0.3 is 47.9 Å². The summed E-state index contributed by atoms with van der Waals surface area (Å²) in [7, 11) is 3.02. The number of hydrogen-bond acceptors (Lipinski definition) is 9. The van der Waals surface area contributed by atoms with Crippen LogP contribution in [0.4, 0.5) is 14.0 Å². The molecule has 0 fully saturated rings. The van der Waals surface area contributed by atoms with E-state index in [2.05, 4.69) is 205 Å². The third-order valence-corrected chi connectivity index (χ3v) is 13.1. The predicted molar refractivity (Wildman–Crippen MR) is 443 cm³/mol. The van der Waals surface area contributed by atoms with E-state index >= 15 is 0 Å². The molecular weight excluding hydrogens is 1290 g/mol. The number of alkyl carbamates (subject to hydrolysis) is 1. The van der Waals surface area contributed by atoms with E-state index in [0.29, 0.717) is 59.8 Å². The highest BCUT2D eigenvalue weighted by molar-refractivity contribution is 5.84. The SMILES string of the molecule is CC(=O)NC(C)(C)/C=C/C(C)C.CC(C)/C=C/C(C)(C)C#N.CC(C)/C=C/C(C)(C)C(N)=O.CC(C)/C=C/C(C)(C)CF.CC(C)/C=C/C(C)(C)CO.CC(C)/C=C/C(C)(C)NC(N)=O.CCNC(=O)C(C)(C)/C=C/C(C)C.CNC(=O)C(C)(C)/C=C/C(C)C.COC(=O)NC(C)(C)/C=C/C(C)C. The van der Waals surface area contributed by atoms with Crippen molar-refractivity contribution in [1.29, 1.82) is 5.26 Å². The van der Waals surface area contributed by atoms with E-state index < -0.39 is 17.5 Å². The lowest BCUT2D eigenvalue weighted by Crippen LogP contribution is -2.44. The van der Waals surface area contributed by atoms with Crippen molar-refractivity contribution in [3.05, 3.63) is 109 Å². The number of nitrogens with one attached hydrogen (secondary N) is 5. The molecule has 0 aliphatic carbocycles. The number of primary amides is 2.